The van der Waals surface area contributed by atoms with Gasteiger partial charge in [0.2, 0.25) is 0 Å². The van der Waals surface area contributed by atoms with Crippen molar-refractivity contribution in [3.8, 4) is 0 Å². The molecule has 1 saturated carbocycles. The van der Waals surface area contributed by atoms with Gasteiger partial charge in [0.15, 0.2) is 0 Å². The van der Waals surface area contributed by atoms with Crippen molar-refractivity contribution in [2.75, 3.05) is 31.1 Å². The first-order valence-electron chi connectivity index (χ1n) is 11.2. The lowest BCUT2D eigenvalue weighted by Crippen LogP contribution is -2.49. The van der Waals surface area contributed by atoms with Crippen molar-refractivity contribution in [1.82, 2.24) is 14.6 Å². The van der Waals surface area contributed by atoms with Gasteiger partial charge in [0.25, 0.3) is 11.8 Å². The maximum absolute atomic E-state index is 12.7. The number of benzene rings is 1. The van der Waals surface area contributed by atoms with Gasteiger partial charge in [-0.3, -0.25) is 9.59 Å². The fourth-order valence-electron chi connectivity index (χ4n) is 4.72. The molecule has 2 aliphatic rings. The standard InChI is InChI=1S/C25H28N4O2/c30-24(26-21-8-4-5-9-21)20-10-11-22-12-13-23(29(22)18-20)27-14-16-28(17-15-27)25(31)19-6-2-1-3-7-19/h1-3,6-7,10-13,18,21H,4-5,8-9,14-17H2,(H,26,30). The lowest BCUT2D eigenvalue weighted by molar-refractivity contribution is 0.0746. The summed E-state index contributed by atoms with van der Waals surface area (Å²) in [5.41, 5.74) is 2.49. The van der Waals surface area contributed by atoms with E-state index in [1.807, 2.05) is 53.6 Å². The largest absolute Gasteiger partial charge is 0.354 e. The van der Waals surface area contributed by atoms with Gasteiger partial charge < -0.3 is 19.5 Å². The fraction of sp³-hybridized carbons (Fsp3) is 0.360. The van der Waals surface area contributed by atoms with Crippen molar-refractivity contribution in [1.29, 1.82) is 0 Å². The molecule has 0 atom stereocenters. The Hall–Kier alpha value is -3.28. The normalized spacial score (nSPS) is 17.3. The van der Waals surface area contributed by atoms with E-state index < -0.39 is 0 Å². The SMILES string of the molecule is O=C(NC1CCCC1)c1ccc2ccc(N3CCN(C(=O)c4ccccc4)CC3)n2c1. The molecule has 2 aromatic heterocycles. The third kappa shape index (κ3) is 4.02. The number of hydrogen-bond donors (Lipinski definition) is 1. The Bertz CT molecular complexity index is 1080. The second-order valence-electron chi connectivity index (χ2n) is 8.50. The smallest absolute Gasteiger partial charge is 0.253 e. The zero-order chi connectivity index (χ0) is 21.2. The number of nitrogens with zero attached hydrogens (tertiary/aromatic N) is 3. The lowest BCUT2D eigenvalue weighted by atomic mass is 10.2. The van der Waals surface area contributed by atoms with E-state index in [1.54, 1.807) is 0 Å². The molecule has 31 heavy (non-hydrogen) atoms. The summed E-state index contributed by atoms with van der Waals surface area (Å²) in [5, 5.41) is 3.17. The molecule has 0 unspecified atom stereocenters. The number of carbonyl (C=O) groups is 2. The first-order valence-corrected chi connectivity index (χ1v) is 11.2. The molecule has 5 rings (SSSR count). The van der Waals surface area contributed by atoms with Gasteiger partial charge in [0.1, 0.15) is 5.82 Å². The maximum atomic E-state index is 12.7. The third-order valence-corrected chi connectivity index (χ3v) is 6.49. The van der Waals surface area contributed by atoms with Crippen LogP contribution in [-0.2, 0) is 0 Å². The lowest BCUT2D eigenvalue weighted by Gasteiger charge is -2.36. The van der Waals surface area contributed by atoms with Gasteiger partial charge in [-0.2, -0.15) is 0 Å². The molecule has 0 spiro atoms. The second-order valence-corrected chi connectivity index (χ2v) is 8.50. The van der Waals surface area contributed by atoms with Crippen molar-refractivity contribution in [3.63, 3.8) is 0 Å². The Morgan fingerprint density at radius 3 is 2.26 bits per heavy atom. The predicted octanol–water partition coefficient (Wildman–Crippen LogP) is 3.57. The van der Waals surface area contributed by atoms with Crippen LogP contribution in [0.5, 0.6) is 0 Å². The highest BCUT2D eigenvalue weighted by atomic mass is 16.2. The first kappa shape index (κ1) is 19.7. The summed E-state index contributed by atoms with van der Waals surface area (Å²) in [6.07, 6.45) is 6.49. The van der Waals surface area contributed by atoms with Crippen LogP contribution < -0.4 is 10.2 Å². The maximum Gasteiger partial charge on any atom is 0.253 e. The average molecular weight is 417 g/mol. The molecule has 1 aliphatic heterocycles. The number of pyridine rings is 1. The van der Waals surface area contributed by atoms with Crippen LogP contribution in [0.25, 0.3) is 5.52 Å². The Balaban J connectivity index is 1.29. The Morgan fingerprint density at radius 1 is 0.806 bits per heavy atom. The molecular formula is C25H28N4O2. The van der Waals surface area contributed by atoms with E-state index in [2.05, 4.69) is 26.8 Å². The number of anilines is 1. The number of rotatable bonds is 4. The Labute approximate surface area is 182 Å². The van der Waals surface area contributed by atoms with Crippen LogP contribution in [0.2, 0.25) is 0 Å². The van der Waals surface area contributed by atoms with E-state index in [-0.39, 0.29) is 11.8 Å². The van der Waals surface area contributed by atoms with Crippen LogP contribution >= 0.6 is 0 Å². The molecule has 1 saturated heterocycles. The van der Waals surface area contributed by atoms with Crippen molar-refractivity contribution in [2.45, 2.75) is 31.7 Å². The summed E-state index contributed by atoms with van der Waals surface area (Å²) in [6, 6.07) is 17.9. The Morgan fingerprint density at radius 2 is 1.52 bits per heavy atom. The summed E-state index contributed by atoms with van der Waals surface area (Å²) in [5.74, 6) is 1.16. The van der Waals surface area contributed by atoms with Crippen molar-refractivity contribution in [2.24, 2.45) is 0 Å². The second kappa shape index (κ2) is 8.46. The highest BCUT2D eigenvalue weighted by Crippen LogP contribution is 2.23. The molecule has 6 nitrogen and oxygen atoms in total. The number of amides is 2. The number of carbonyl (C=O) groups excluding carboxylic acids is 2. The van der Waals surface area contributed by atoms with E-state index in [0.717, 1.165) is 42.8 Å². The van der Waals surface area contributed by atoms with Gasteiger partial charge in [0.05, 0.1) is 5.56 Å². The zero-order valence-electron chi connectivity index (χ0n) is 17.7. The van der Waals surface area contributed by atoms with E-state index in [4.69, 9.17) is 0 Å². The molecule has 3 heterocycles. The van der Waals surface area contributed by atoms with Crippen LogP contribution in [-0.4, -0.2) is 53.3 Å². The van der Waals surface area contributed by atoms with Crippen molar-refractivity contribution >= 4 is 23.1 Å². The molecule has 6 heteroatoms. The summed E-state index contributed by atoms with van der Waals surface area (Å²) in [4.78, 5) is 29.7. The van der Waals surface area contributed by atoms with Crippen LogP contribution in [0.1, 0.15) is 46.4 Å². The molecule has 1 N–H and O–H groups in total. The number of fused-ring (bicyclic) bond motifs is 1. The summed E-state index contributed by atoms with van der Waals surface area (Å²) >= 11 is 0. The van der Waals surface area contributed by atoms with Gasteiger partial charge in [-0.05, 0) is 49.2 Å². The molecule has 0 radical (unpaired) electrons. The van der Waals surface area contributed by atoms with E-state index in [1.165, 1.54) is 12.8 Å². The van der Waals surface area contributed by atoms with E-state index >= 15 is 0 Å². The van der Waals surface area contributed by atoms with E-state index in [9.17, 15) is 9.59 Å². The highest BCUT2D eigenvalue weighted by Gasteiger charge is 2.24. The molecule has 3 aromatic rings. The van der Waals surface area contributed by atoms with Gasteiger partial charge in [-0.1, -0.05) is 31.0 Å². The van der Waals surface area contributed by atoms with Gasteiger partial charge >= 0.3 is 0 Å². The van der Waals surface area contributed by atoms with Gasteiger partial charge in [-0.15, -0.1) is 0 Å². The fourth-order valence-corrected chi connectivity index (χ4v) is 4.72. The number of piperazine rings is 1. The van der Waals surface area contributed by atoms with Gasteiger partial charge in [0, 0.05) is 49.5 Å². The molecule has 1 aliphatic carbocycles. The summed E-state index contributed by atoms with van der Waals surface area (Å²) in [7, 11) is 0. The van der Waals surface area contributed by atoms with Gasteiger partial charge in [-0.25, -0.2) is 0 Å². The van der Waals surface area contributed by atoms with Crippen LogP contribution in [0.4, 0.5) is 5.82 Å². The highest BCUT2D eigenvalue weighted by molar-refractivity contribution is 5.95. The minimum atomic E-state index is 0.00623. The first-order chi connectivity index (χ1) is 15.2. The van der Waals surface area contributed by atoms with Crippen molar-refractivity contribution < 1.29 is 9.59 Å². The minimum Gasteiger partial charge on any atom is -0.354 e. The third-order valence-electron chi connectivity index (χ3n) is 6.49. The predicted molar refractivity (Wildman–Crippen MR) is 122 cm³/mol. The molecule has 2 fully saturated rings. The van der Waals surface area contributed by atoms with Crippen LogP contribution in [0.15, 0.2) is 60.8 Å². The summed E-state index contributed by atoms with van der Waals surface area (Å²) in [6.45, 7) is 2.90. The molecular weight excluding hydrogens is 388 g/mol. The van der Waals surface area contributed by atoms with Crippen LogP contribution in [0.3, 0.4) is 0 Å². The summed E-state index contributed by atoms with van der Waals surface area (Å²) < 4.78 is 2.10. The van der Waals surface area contributed by atoms with Crippen molar-refractivity contribution in [3.05, 3.63) is 71.9 Å². The monoisotopic (exact) mass is 416 g/mol. The molecule has 0 bridgehead atoms. The average Bonchev–Trinajstić information content (AvgIpc) is 3.48. The number of nitrogens with one attached hydrogen (secondary N) is 1. The molecule has 1 aromatic carbocycles. The van der Waals surface area contributed by atoms with E-state index in [0.29, 0.717) is 24.7 Å². The Kier molecular flexibility index (Phi) is 5.37. The molecule has 160 valence electrons. The topological polar surface area (TPSA) is 57.1 Å². The van der Waals surface area contributed by atoms with Crippen LogP contribution in [0, 0.1) is 0 Å². The quantitative estimate of drug-likeness (QED) is 0.707. The number of aromatic nitrogens is 1. The minimum absolute atomic E-state index is 0.00623. The number of hydrogen-bond acceptors (Lipinski definition) is 3. The molecule has 2 amide bonds. The zero-order valence-corrected chi connectivity index (χ0v) is 17.7.